The van der Waals surface area contributed by atoms with Crippen LogP contribution in [0.4, 0.5) is 0 Å². The van der Waals surface area contributed by atoms with Gasteiger partial charge < -0.3 is 14.2 Å². The van der Waals surface area contributed by atoms with Crippen LogP contribution >= 0.6 is 0 Å². The Hall–Kier alpha value is -2.89. The van der Waals surface area contributed by atoms with Gasteiger partial charge in [-0.1, -0.05) is 210 Å². The largest absolute Gasteiger partial charge is 0.462 e. The third-order valence-corrected chi connectivity index (χ3v) is 12.0. The van der Waals surface area contributed by atoms with Gasteiger partial charge in [-0.15, -0.1) is 0 Å². The highest BCUT2D eigenvalue weighted by atomic mass is 16.6. The molecular formula is C59H104O6. The van der Waals surface area contributed by atoms with Crippen molar-refractivity contribution in [1.29, 1.82) is 0 Å². The number of carbonyl (C=O) groups excluding carboxylic acids is 3. The maximum absolute atomic E-state index is 12.8. The molecule has 0 spiro atoms. The molecule has 1 atom stereocenters. The summed E-state index contributed by atoms with van der Waals surface area (Å²) in [5, 5.41) is 0. The summed E-state index contributed by atoms with van der Waals surface area (Å²) in [7, 11) is 0. The summed E-state index contributed by atoms with van der Waals surface area (Å²) < 4.78 is 16.8. The van der Waals surface area contributed by atoms with Crippen molar-refractivity contribution in [1.82, 2.24) is 0 Å². The SMILES string of the molecule is CCCCC/C=C\C/C=C\C/C=C\CCCCCCC(=O)O[C@H](COC(=O)CCCCCCC/C=C\CCCCCCCC)COC(=O)CCCCCCCCC/C=C\CCCCCC. The van der Waals surface area contributed by atoms with Crippen molar-refractivity contribution < 1.29 is 28.6 Å². The van der Waals surface area contributed by atoms with E-state index in [0.29, 0.717) is 19.3 Å². The van der Waals surface area contributed by atoms with Gasteiger partial charge in [0.15, 0.2) is 6.10 Å². The second-order valence-electron chi connectivity index (χ2n) is 18.5. The molecule has 0 aliphatic rings. The molecule has 0 saturated heterocycles. The van der Waals surface area contributed by atoms with E-state index in [9.17, 15) is 14.4 Å². The average Bonchev–Trinajstić information content (AvgIpc) is 3.30. The number of allylic oxidation sites excluding steroid dienone is 10. The van der Waals surface area contributed by atoms with Crippen LogP contribution in [0.2, 0.25) is 0 Å². The lowest BCUT2D eigenvalue weighted by atomic mass is 10.1. The maximum atomic E-state index is 12.8. The van der Waals surface area contributed by atoms with E-state index in [2.05, 4.69) is 81.5 Å². The second kappa shape index (κ2) is 53.7. The third-order valence-electron chi connectivity index (χ3n) is 12.0. The van der Waals surface area contributed by atoms with E-state index in [1.54, 1.807) is 0 Å². The number of unbranched alkanes of at least 4 members (excludes halogenated alkanes) is 29. The zero-order valence-corrected chi connectivity index (χ0v) is 43.0. The van der Waals surface area contributed by atoms with Crippen LogP contribution < -0.4 is 0 Å². The van der Waals surface area contributed by atoms with E-state index < -0.39 is 6.10 Å². The number of carbonyl (C=O) groups is 3. The van der Waals surface area contributed by atoms with Gasteiger partial charge in [0.05, 0.1) is 0 Å². The van der Waals surface area contributed by atoms with Gasteiger partial charge in [0, 0.05) is 19.3 Å². The molecule has 376 valence electrons. The standard InChI is InChI=1S/C59H104O6/c1-4-7-10-13-16-19-22-25-28-29-32-35-38-41-44-47-50-53-59(62)65-56(54-63-57(60)51-48-45-42-39-36-33-30-26-23-20-17-14-11-8-5-2)55-64-58(61)52-49-46-43-40-37-34-31-27-24-21-18-15-12-9-6-3/h16,19-20,23,25,27-28,31-32,35,56H,4-15,17-18,21-22,24,26,29-30,33-34,36-55H2,1-3H3/b19-16-,23-20-,28-25-,31-27-,35-32-/t56-/m0/s1. The molecule has 0 radical (unpaired) electrons. The minimum atomic E-state index is -0.790. The first-order chi connectivity index (χ1) is 32.0. The lowest BCUT2D eigenvalue weighted by molar-refractivity contribution is -0.167. The first kappa shape index (κ1) is 62.1. The van der Waals surface area contributed by atoms with Crippen molar-refractivity contribution in [2.45, 2.75) is 284 Å². The van der Waals surface area contributed by atoms with Gasteiger partial charge in [0.2, 0.25) is 0 Å². The van der Waals surface area contributed by atoms with Gasteiger partial charge in [0.25, 0.3) is 0 Å². The third kappa shape index (κ3) is 51.9. The van der Waals surface area contributed by atoms with Crippen molar-refractivity contribution in [3.63, 3.8) is 0 Å². The minimum absolute atomic E-state index is 0.0876. The van der Waals surface area contributed by atoms with Crippen molar-refractivity contribution >= 4 is 17.9 Å². The number of ether oxygens (including phenoxy) is 3. The Morgan fingerprint density at radius 2 is 0.554 bits per heavy atom. The molecule has 0 saturated carbocycles. The first-order valence-corrected chi connectivity index (χ1v) is 27.8. The van der Waals surface area contributed by atoms with Gasteiger partial charge in [0.1, 0.15) is 13.2 Å². The van der Waals surface area contributed by atoms with Crippen LogP contribution in [-0.2, 0) is 28.6 Å². The van der Waals surface area contributed by atoms with Crippen molar-refractivity contribution in [2.24, 2.45) is 0 Å². The number of rotatable bonds is 50. The van der Waals surface area contributed by atoms with E-state index in [4.69, 9.17) is 14.2 Å². The van der Waals surface area contributed by atoms with Gasteiger partial charge in [-0.05, 0) is 109 Å². The molecule has 0 unspecified atom stereocenters. The topological polar surface area (TPSA) is 78.9 Å². The Bertz CT molecular complexity index is 1180. The summed E-state index contributed by atoms with van der Waals surface area (Å²) in [5.74, 6) is -0.914. The van der Waals surface area contributed by atoms with Crippen LogP contribution in [0.25, 0.3) is 0 Å². The molecule has 0 aromatic heterocycles. The van der Waals surface area contributed by atoms with E-state index in [-0.39, 0.29) is 31.1 Å². The summed E-state index contributed by atoms with van der Waals surface area (Å²) in [4.78, 5) is 38.1. The molecule has 0 fully saturated rings. The predicted molar refractivity (Wildman–Crippen MR) is 279 cm³/mol. The average molecular weight is 909 g/mol. The smallest absolute Gasteiger partial charge is 0.306 e. The van der Waals surface area contributed by atoms with Gasteiger partial charge in [-0.25, -0.2) is 0 Å². The minimum Gasteiger partial charge on any atom is -0.462 e. The van der Waals surface area contributed by atoms with E-state index in [1.165, 1.54) is 148 Å². The second-order valence-corrected chi connectivity index (χ2v) is 18.5. The normalized spacial score (nSPS) is 12.5. The van der Waals surface area contributed by atoms with Crippen LogP contribution in [0.15, 0.2) is 60.8 Å². The van der Waals surface area contributed by atoms with E-state index in [0.717, 1.165) is 89.9 Å². The molecule has 0 N–H and O–H groups in total. The number of hydrogen-bond donors (Lipinski definition) is 0. The van der Waals surface area contributed by atoms with Crippen molar-refractivity contribution in [2.75, 3.05) is 13.2 Å². The highest BCUT2D eigenvalue weighted by molar-refractivity contribution is 5.71. The predicted octanol–water partition coefficient (Wildman–Crippen LogP) is 18.4. The zero-order valence-electron chi connectivity index (χ0n) is 43.0. The molecule has 0 amide bonds. The fraction of sp³-hybridized carbons (Fsp3) is 0.780. The monoisotopic (exact) mass is 909 g/mol. The molecule has 6 nitrogen and oxygen atoms in total. The summed E-state index contributed by atoms with van der Waals surface area (Å²) in [6.45, 7) is 6.58. The van der Waals surface area contributed by atoms with Gasteiger partial charge >= 0.3 is 17.9 Å². The summed E-state index contributed by atoms with van der Waals surface area (Å²) >= 11 is 0. The fourth-order valence-electron chi connectivity index (χ4n) is 7.73. The molecule has 0 heterocycles. The van der Waals surface area contributed by atoms with E-state index >= 15 is 0 Å². The van der Waals surface area contributed by atoms with Gasteiger partial charge in [-0.2, -0.15) is 0 Å². The van der Waals surface area contributed by atoms with Crippen LogP contribution in [0.1, 0.15) is 278 Å². The van der Waals surface area contributed by atoms with Crippen LogP contribution in [-0.4, -0.2) is 37.2 Å². The van der Waals surface area contributed by atoms with Crippen LogP contribution in [0, 0.1) is 0 Å². The molecule has 0 aromatic rings. The Labute approximate surface area is 402 Å². The van der Waals surface area contributed by atoms with Crippen molar-refractivity contribution in [3.8, 4) is 0 Å². The summed E-state index contributed by atoms with van der Waals surface area (Å²) in [5.41, 5.74) is 0. The summed E-state index contributed by atoms with van der Waals surface area (Å²) in [6, 6.07) is 0. The lowest BCUT2D eigenvalue weighted by Gasteiger charge is -2.18. The molecular weight excluding hydrogens is 805 g/mol. The number of hydrogen-bond acceptors (Lipinski definition) is 6. The fourth-order valence-corrected chi connectivity index (χ4v) is 7.73. The lowest BCUT2D eigenvalue weighted by Crippen LogP contribution is -2.30. The molecule has 0 aliphatic heterocycles. The summed E-state index contributed by atoms with van der Waals surface area (Å²) in [6.07, 6.45) is 66.3. The molecule has 0 bridgehead atoms. The molecule has 6 heteroatoms. The zero-order chi connectivity index (χ0) is 47.2. The Kier molecular flexibility index (Phi) is 51.3. The highest BCUT2D eigenvalue weighted by Gasteiger charge is 2.19. The van der Waals surface area contributed by atoms with Crippen molar-refractivity contribution in [3.05, 3.63) is 60.8 Å². The molecule has 0 aliphatic carbocycles. The molecule has 0 aromatic carbocycles. The Morgan fingerprint density at radius 3 is 0.923 bits per heavy atom. The number of esters is 3. The first-order valence-electron chi connectivity index (χ1n) is 27.8. The maximum Gasteiger partial charge on any atom is 0.306 e. The molecule has 65 heavy (non-hydrogen) atoms. The molecule has 0 rings (SSSR count). The van der Waals surface area contributed by atoms with E-state index in [1.807, 2.05) is 0 Å². The Morgan fingerprint density at radius 1 is 0.308 bits per heavy atom. The quantitative estimate of drug-likeness (QED) is 0.0262. The highest BCUT2D eigenvalue weighted by Crippen LogP contribution is 2.14. The Balaban J connectivity index is 4.44. The van der Waals surface area contributed by atoms with Crippen LogP contribution in [0.3, 0.4) is 0 Å². The van der Waals surface area contributed by atoms with Gasteiger partial charge in [-0.3, -0.25) is 14.4 Å². The van der Waals surface area contributed by atoms with Crippen LogP contribution in [0.5, 0.6) is 0 Å².